The van der Waals surface area contributed by atoms with Crippen molar-refractivity contribution >= 4 is 28.9 Å². The Balaban J connectivity index is 2.68. The Kier molecular flexibility index (Phi) is 2.94. The Morgan fingerprint density at radius 3 is 2.62 bits per heavy atom. The second kappa shape index (κ2) is 4.23. The van der Waals surface area contributed by atoms with E-state index in [4.69, 9.17) is 28.9 Å². The van der Waals surface area contributed by atoms with Gasteiger partial charge in [0.15, 0.2) is 5.15 Å². The summed E-state index contributed by atoms with van der Waals surface area (Å²) in [5, 5.41) is 7.61. The van der Waals surface area contributed by atoms with Crippen LogP contribution in [-0.2, 0) is 0 Å². The standard InChI is InChI=1S/C10H6Cl2FN3/c11-7-3-5(13)1-2-6(7)9-8(14)4-15-16-10(9)12/h1-4H,(H2,14,16). The third-order valence-electron chi connectivity index (χ3n) is 2.04. The van der Waals surface area contributed by atoms with Crippen LogP contribution in [0.5, 0.6) is 0 Å². The van der Waals surface area contributed by atoms with Gasteiger partial charge in [0.25, 0.3) is 0 Å². The fraction of sp³-hybridized carbons (Fsp3) is 0. The lowest BCUT2D eigenvalue weighted by Crippen LogP contribution is -1.96. The Bertz CT molecular complexity index is 525. The smallest absolute Gasteiger partial charge is 0.161 e. The highest BCUT2D eigenvalue weighted by molar-refractivity contribution is 6.36. The molecule has 0 spiro atoms. The van der Waals surface area contributed by atoms with Crippen LogP contribution in [0.3, 0.4) is 0 Å². The second-order valence-electron chi connectivity index (χ2n) is 3.09. The summed E-state index contributed by atoms with van der Waals surface area (Å²) in [5.41, 5.74) is 7.05. The third kappa shape index (κ3) is 1.94. The van der Waals surface area contributed by atoms with E-state index in [2.05, 4.69) is 10.2 Å². The van der Waals surface area contributed by atoms with E-state index >= 15 is 0 Å². The van der Waals surface area contributed by atoms with Crippen molar-refractivity contribution in [3.05, 3.63) is 40.4 Å². The highest BCUT2D eigenvalue weighted by Crippen LogP contribution is 2.35. The number of hydrogen-bond donors (Lipinski definition) is 1. The van der Waals surface area contributed by atoms with Gasteiger partial charge in [0.2, 0.25) is 0 Å². The molecule has 3 nitrogen and oxygen atoms in total. The van der Waals surface area contributed by atoms with Crippen molar-refractivity contribution in [2.75, 3.05) is 5.73 Å². The Morgan fingerprint density at radius 1 is 1.25 bits per heavy atom. The first-order chi connectivity index (χ1) is 7.59. The van der Waals surface area contributed by atoms with Crippen LogP contribution in [0.1, 0.15) is 0 Å². The van der Waals surface area contributed by atoms with Gasteiger partial charge in [-0.1, -0.05) is 23.2 Å². The SMILES string of the molecule is Nc1cnnc(Cl)c1-c1ccc(F)cc1Cl. The third-order valence-corrected chi connectivity index (χ3v) is 2.62. The van der Waals surface area contributed by atoms with E-state index in [9.17, 15) is 4.39 Å². The lowest BCUT2D eigenvalue weighted by atomic mass is 10.1. The van der Waals surface area contributed by atoms with Gasteiger partial charge in [0.1, 0.15) is 5.82 Å². The van der Waals surface area contributed by atoms with Gasteiger partial charge in [-0.15, -0.1) is 5.10 Å². The van der Waals surface area contributed by atoms with Crippen molar-refractivity contribution < 1.29 is 4.39 Å². The zero-order valence-corrected chi connectivity index (χ0v) is 9.43. The largest absolute Gasteiger partial charge is 0.397 e. The average Bonchev–Trinajstić information content (AvgIpc) is 2.20. The van der Waals surface area contributed by atoms with Crippen LogP contribution in [0.2, 0.25) is 10.2 Å². The molecule has 0 amide bonds. The molecule has 0 aliphatic rings. The van der Waals surface area contributed by atoms with Gasteiger partial charge in [0, 0.05) is 11.1 Å². The van der Waals surface area contributed by atoms with Crippen LogP contribution in [-0.4, -0.2) is 10.2 Å². The number of aromatic nitrogens is 2. The minimum atomic E-state index is -0.426. The molecule has 0 aliphatic heterocycles. The Morgan fingerprint density at radius 2 is 2.00 bits per heavy atom. The van der Waals surface area contributed by atoms with Crippen LogP contribution in [0.4, 0.5) is 10.1 Å². The molecule has 0 aliphatic carbocycles. The molecule has 82 valence electrons. The normalized spacial score (nSPS) is 10.4. The first-order valence-electron chi connectivity index (χ1n) is 4.31. The monoisotopic (exact) mass is 257 g/mol. The summed E-state index contributed by atoms with van der Waals surface area (Å²) in [5.74, 6) is -0.426. The van der Waals surface area contributed by atoms with Gasteiger partial charge in [-0.25, -0.2) is 4.39 Å². The number of nitrogens with zero attached hydrogens (tertiary/aromatic N) is 2. The van der Waals surface area contributed by atoms with Gasteiger partial charge < -0.3 is 5.73 Å². The molecule has 0 saturated heterocycles. The summed E-state index contributed by atoms with van der Waals surface area (Å²) in [4.78, 5) is 0. The molecular weight excluding hydrogens is 252 g/mol. The van der Waals surface area contributed by atoms with E-state index in [-0.39, 0.29) is 10.2 Å². The quantitative estimate of drug-likeness (QED) is 0.854. The summed E-state index contributed by atoms with van der Waals surface area (Å²) in [6.07, 6.45) is 1.36. The molecule has 1 aromatic heterocycles. The maximum Gasteiger partial charge on any atom is 0.161 e. The lowest BCUT2D eigenvalue weighted by Gasteiger charge is -2.08. The Labute approximate surface area is 101 Å². The summed E-state index contributed by atoms with van der Waals surface area (Å²) in [6, 6.07) is 3.96. The molecule has 6 heteroatoms. The molecule has 0 atom stereocenters. The lowest BCUT2D eigenvalue weighted by molar-refractivity contribution is 0.628. The van der Waals surface area contributed by atoms with Crippen molar-refractivity contribution in [1.82, 2.24) is 10.2 Å². The fourth-order valence-electron chi connectivity index (χ4n) is 1.33. The van der Waals surface area contributed by atoms with Crippen LogP contribution < -0.4 is 5.73 Å². The van der Waals surface area contributed by atoms with Crippen molar-refractivity contribution in [2.45, 2.75) is 0 Å². The van der Waals surface area contributed by atoms with E-state index < -0.39 is 5.82 Å². The highest BCUT2D eigenvalue weighted by Gasteiger charge is 2.13. The van der Waals surface area contributed by atoms with E-state index in [1.807, 2.05) is 0 Å². The molecule has 0 unspecified atom stereocenters. The van der Waals surface area contributed by atoms with Crippen molar-refractivity contribution in [1.29, 1.82) is 0 Å². The van der Waals surface area contributed by atoms with Crippen LogP contribution in [0, 0.1) is 5.82 Å². The summed E-state index contributed by atoms with van der Waals surface area (Å²) >= 11 is 11.8. The van der Waals surface area contributed by atoms with Crippen LogP contribution >= 0.6 is 23.2 Å². The number of benzene rings is 1. The van der Waals surface area contributed by atoms with Gasteiger partial charge >= 0.3 is 0 Å². The van der Waals surface area contributed by atoms with E-state index in [1.54, 1.807) is 0 Å². The number of anilines is 1. The fourth-order valence-corrected chi connectivity index (χ4v) is 1.85. The second-order valence-corrected chi connectivity index (χ2v) is 3.86. The molecule has 0 bridgehead atoms. The predicted octanol–water partition coefficient (Wildman–Crippen LogP) is 3.17. The average molecular weight is 258 g/mol. The molecule has 1 aromatic carbocycles. The molecule has 1 heterocycles. The molecule has 2 rings (SSSR count). The molecule has 16 heavy (non-hydrogen) atoms. The van der Waals surface area contributed by atoms with Gasteiger partial charge in [-0.3, -0.25) is 0 Å². The van der Waals surface area contributed by atoms with Crippen LogP contribution in [0.25, 0.3) is 11.1 Å². The van der Waals surface area contributed by atoms with Crippen molar-refractivity contribution in [3.63, 3.8) is 0 Å². The topological polar surface area (TPSA) is 51.8 Å². The predicted molar refractivity (Wildman–Crippen MR) is 61.9 cm³/mol. The van der Waals surface area contributed by atoms with E-state index in [0.29, 0.717) is 16.8 Å². The van der Waals surface area contributed by atoms with Crippen molar-refractivity contribution in [3.8, 4) is 11.1 Å². The molecule has 0 saturated carbocycles. The first-order valence-corrected chi connectivity index (χ1v) is 5.07. The Hall–Kier alpha value is -1.39. The zero-order chi connectivity index (χ0) is 11.7. The molecule has 0 fully saturated rings. The molecule has 2 aromatic rings. The van der Waals surface area contributed by atoms with Gasteiger partial charge in [0.05, 0.1) is 16.9 Å². The number of nitrogen functional groups attached to an aromatic ring is 1. The first kappa shape index (κ1) is 11.1. The number of nitrogens with two attached hydrogens (primary N) is 1. The summed E-state index contributed by atoms with van der Waals surface area (Å²) in [7, 11) is 0. The molecule has 0 radical (unpaired) electrons. The minimum absolute atomic E-state index is 0.133. The van der Waals surface area contributed by atoms with Crippen LogP contribution in [0.15, 0.2) is 24.4 Å². The number of hydrogen-bond acceptors (Lipinski definition) is 3. The zero-order valence-electron chi connectivity index (χ0n) is 7.92. The van der Waals surface area contributed by atoms with Gasteiger partial charge in [-0.05, 0) is 18.2 Å². The van der Waals surface area contributed by atoms with Crippen molar-refractivity contribution in [2.24, 2.45) is 0 Å². The minimum Gasteiger partial charge on any atom is -0.397 e. The van der Waals surface area contributed by atoms with Gasteiger partial charge in [-0.2, -0.15) is 5.10 Å². The molecule has 2 N–H and O–H groups in total. The number of halogens is 3. The molecular formula is C10H6Cl2FN3. The number of rotatable bonds is 1. The van der Waals surface area contributed by atoms with E-state index in [0.717, 1.165) is 0 Å². The summed E-state index contributed by atoms with van der Waals surface area (Å²) < 4.78 is 12.9. The van der Waals surface area contributed by atoms with E-state index in [1.165, 1.54) is 24.4 Å². The highest BCUT2D eigenvalue weighted by atomic mass is 35.5. The summed E-state index contributed by atoms with van der Waals surface area (Å²) in [6.45, 7) is 0. The maximum absolute atomic E-state index is 12.9. The maximum atomic E-state index is 12.9.